The first kappa shape index (κ1) is 16.0. The van der Waals surface area contributed by atoms with E-state index < -0.39 is 10.4 Å². The summed E-state index contributed by atoms with van der Waals surface area (Å²) in [5, 5.41) is 0. The van der Waals surface area contributed by atoms with E-state index in [1.807, 2.05) is 0 Å². The van der Waals surface area contributed by atoms with Gasteiger partial charge in [0.25, 0.3) is 0 Å². The van der Waals surface area contributed by atoms with Crippen LogP contribution in [0.2, 0.25) is 0 Å². The van der Waals surface area contributed by atoms with Crippen LogP contribution in [0.25, 0.3) is 0 Å². The van der Waals surface area contributed by atoms with E-state index in [1.165, 1.54) is 6.42 Å². The first-order chi connectivity index (χ1) is 10.6. The van der Waals surface area contributed by atoms with Gasteiger partial charge in [0.1, 0.15) is 6.10 Å². The maximum Gasteiger partial charge on any atom is 0.410 e. The number of fused-ring (bicyclic) bond motifs is 3. The third-order valence-corrected chi connectivity index (χ3v) is 8.45. The van der Waals surface area contributed by atoms with Crippen molar-refractivity contribution in [3.8, 4) is 0 Å². The minimum absolute atomic E-state index is 0.0287. The third kappa shape index (κ3) is 1.80. The summed E-state index contributed by atoms with van der Waals surface area (Å²) < 4.78 is 4.45. The largest absolute Gasteiger partial charge is 0.445 e. The summed E-state index contributed by atoms with van der Waals surface area (Å²) in [6.07, 6.45) is 3.47. The fourth-order valence-corrected chi connectivity index (χ4v) is 6.33. The van der Waals surface area contributed by atoms with Gasteiger partial charge in [0.2, 0.25) is 0 Å². The number of carbonyl (C=O) groups is 2. The highest BCUT2D eigenvalue weighted by Gasteiger charge is 2.67. The van der Waals surface area contributed by atoms with Crippen molar-refractivity contribution in [3.05, 3.63) is 0 Å². The average Bonchev–Trinajstić information content (AvgIpc) is 3.05. The molecule has 1 heterocycles. The second-order valence-corrected chi connectivity index (χ2v) is 9.89. The Hall–Kier alpha value is -0.480. The molecule has 0 aromatic carbocycles. The highest BCUT2D eigenvalue weighted by Crippen LogP contribution is 2.66. The minimum Gasteiger partial charge on any atom is -0.445 e. The zero-order valence-corrected chi connectivity index (χ0v) is 15.3. The van der Waals surface area contributed by atoms with Crippen LogP contribution in [0.4, 0.5) is 4.79 Å². The molecule has 0 aromatic rings. The van der Waals surface area contributed by atoms with Gasteiger partial charge in [-0.3, -0.25) is 4.79 Å². The van der Waals surface area contributed by atoms with Gasteiger partial charge in [-0.2, -0.15) is 0 Å². The Bertz CT molecular complexity index is 590. The number of likely N-dealkylation sites (tertiary alicyclic amines) is 1. The number of rotatable bonds is 1. The predicted octanol–water partition coefficient (Wildman–Crippen LogP) is 3.78. The quantitative estimate of drug-likeness (QED) is 0.669. The van der Waals surface area contributed by atoms with Crippen molar-refractivity contribution in [1.29, 1.82) is 0 Å². The first-order valence-electron chi connectivity index (χ1n) is 8.50. The molecule has 0 N–H and O–H groups in total. The summed E-state index contributed by atoms with van der Waals surface area (Å²) in [4.78, 5) is 26.1. The highest BCUT2D eigenvalue weighted by molar-refractivity contribution is 6.61. The molecule has 3 aliphatic carbocycles. The minimum atomic E-state index is -1.46. The molecule has 23 heavy (non-hydrogen) atoms. The van der Waals surface area contributed by atoms with E-state index in [1.54, 1.807) is 4.90 Å². The normalized spacial score (nSPS) is 45.8. The van der Waals surface area contributed by atoms with Crippen LogP contribution < -0.4 is 0 Å². The standard InChI is InChI=1S/C17H23Cl2NO3/c1-15(2)9-4-6-16(15,3)11(8-9)23-14(22)20-7-5-10-12(20)17(18,19)13(10)21/h9-12H,4-8H2,1-3H3/t9-,10-,11+,12+,16-/m0/s1. The van der Waals surface area contributed by atoms with Crippen molar-refractivity contribution in [2.24, 2.45) is 22.7 Å². The van der Waals surface area contributed by atoms with E-state index in [0.717, 1.165) is 12.8 Å². The summed E-state index contributed by atoms with van der Waals surface area (Å²) in [6, 6.07) is -0.426. The van der Waals surface area contributed by atoms with Crippen LogP contribution in [0.3, 0.4) is 0 Å². The third-order valence-electron chi connectivity index (χ3n) is 7.63. The molecule has 1 amide bonds. The van der Waals surface area contributed by atoms with Crippen molar-refractivity contribution in [3.63, 3.8) is 0 Å². The lowest BCUT2D eigenvalue weighted by atomic mass is 9.70. The summed E-state index contributed by atoms with van der Waals surface area (Å²) >= 11 is 12.2. The van der Waals surface area contributed by atoms with Crippen molar-refractivity contribution >= 4 is 35.1 Å². The molecule has 0 radical (unpaired) electrons. The molecule has 4 fully saturated rings. The summed E-state index contributed by atoms with van der Waals surface area (Å²) in [7, 11) is 0. The highest BCUT2D eigenvalue weighted by atomic mass is 35.5. The van der Waals surface area contributed by atoms with E-state index in [2.05, 4.69) is 20.8 Å². The van der Waals surface area contributed by atoms with Gasteiger partial charge in [-0.1, -0.05) is 44.0 Å². The van der Waals surface area contributed by atoms with Crippen LogP contribution in [-0.4, -0.2) is 39.8 Å². The van der Waals surface area contributed by atoms with E-state index in [-0.39, 0.29) is 34.7 Å². The van der Waals surface area contributed by atoms with Gasteiger partial charge >= 0.3 is 6.09 Å². The Labute approximate surface area is 146 Å². The van der Waals surface area contributed by atoms with Crippen molar-refractivity contribution < 1.29 is 14.3 Å². The summed E-state index contributed by atoms with van der Waals surface area (Å²) in [5.41, 5.74) is 0.224. The van der Waals surface area contributed by atoms with Crippen molar-refractivity contribution in [2.45, 2.75) is 62.9 Å². The van der Waals surface area contributed by atoms with Crippen LogP contribution in [0.15, 0.2) is 0 Å². The zero-order valence-electron chi connectivity index (χ0n) is 13.8. The fourth-order valence-electron chi connectivity index (χ4n) is 5.51. The predicted molar refractivity (Wildman–Crippen MR) is 87.5 cm³/mol. The Morgan fingerprint density at radius 3 is 2.52 bits per heavy atom. The van der Waals surface area contributed by atoms with Crippen LogP contribution >= 0.6 is 23.2 Å². The van der Waals surface area contributed by atoms with Crippen molar-refractivity contribution in [1.82, 2.24) is 4.90 Å². The second kappa shape index (κ2) is 4.57. The molecule has 2 bridgehead atoms. The van der Waals surface area contributed by atoms with Gasteiger partial charge < -0.3 is 9.64 Å². The van der Waals surface area contributed by atoms with Crippen LogP contribution in [0.5, 0.6) is 0 Å². The molecule has 128 valence electrons. The molecule has 1 aliphatic heterocycles. The van der Waals surface area contributed by atoms with Gasteiger partial charge in [-0.15, -0.1) is 0 Å². The topological polar surface area (TPSA) is 46.6 Å². The Morgan fingerprint density at radius 2 is 1.96 bits per heavy atom. The number of hydrogen-bond donors (Lipinski definition) is 0. The van der Waals surface area contributed by atoms with Gasteiger partial charge in [0.15, 0.2) is 10.1 Å². The van der Waals surface area contributed by atoms with E-state index in [9.17, 15) is 9.59 Å². The molecule has 6 heteroatoms. The summed E-state index contributed by atoms with van der Waals surface area (Å²) in [5.74, 6) is 0.237. The number of hydrogen-bond acceptors (Lipinski definition) is 3. The smallest absolute Gasteiger partial charge is 0.410 e. The van der Waals surface area contributed by atoms with Gasteiger partial charge in [-0.25, -0.2) is 4.79 Å². The first-order valence-corrected chi connectivity index (χ1v) is 9.25. The molecule has 0 spiro atoms. The van der Waals surface area contributed by atoms with Crippen LogP contribution in [-0.2, 0) is 9.53 Å². The number of nitrogens with zero attached hydrogens (tertiary/aromatic N) is 1. The summed E-state index contributed by atoms with van der Waals surface area (Å²) in [6.45, 7) is 7.32. The monoisotopic (exact) mass is 359 g/mol. The molecule has 4 rings (SSSR count). The van der Waals surface area contributed by atoms with Crippen molar-refractivity contribution in [2.75, 3.05) is 6.54 Å². The molecule has 4 aliphatic rings. The van der Waals surface area contributed by atoms with E-state index in [4.69, 9.17) is 27.9 Å². The van der Waals surface area contributed by atoms with Crippen LogP contribution in [0.1, 0.15) is 46.5 Å². The molecular weight excluding hydrogens is 337 g/mol. The number of alkyl halides is 2. The number of halogens is 2. The van der Waals surface area contributed by atoms with E-state index in [0.29, 0.717) is 18.9 Å². The number of ether oxygens (including phenoxy) is 1. The van der Waals surface area contributed by atoms with Gasteiger partial charge in [0.05, 0.1) is 6.04 Å². The van der Waals surface area contributed by atoms with Gasteiger partial charge in [-0.05, 0) is 37.0 Å². The number of ketones is 1. The lowest BCUT2D eigenvalue weighted by Crippen LogP contribution is -2.64. The maximum atomic E-state index is 12.7. The average molecular weight is 360 g/mol. The molecule has 1 saturated heterocycles. The fraction of sp³-hybridized carbons (Fsp3) is 0.882. The van der Waals surface area contributed by atoms with Gasteiger partial charge in [0, 0.05) is 17.9 Å². The Morgan fingerprint density at radius 1 is 1.26 bits per heavy atom. The van der Waals surface area contributed by atoms with E-state index >= 15 is 0 Å². The molecule has 0 unspecified atom stereocenters. The molecule has 3 saturated carbocycles. The number of amides is 1. The Balaban J connectivity index is 1.49. The Kier molecular flexibility index (Phi) is 3.18. The lowest BCUT2D eigenvalue weighted by Gasteiger charge is -2.45. The second-order valence-electron chi connectivity index (χ2n) is 8.50. The zero-order chi connectivity index (χ0) is 16.8. The number of carbonyl (C=O) groups excluding carboxylic acids is 2. The number of Topliss-reactive ketones (excluding diaryl/α,β-unsaturated/α-hetero) is 1. The molecule has 0 aromatic heterocycles. The molecule has 5 atom stereocenters. The lowest BCUT2D eigenvalue weighted by molar-refractivity contribution is -0.133. The molecular formula is C17H23Cl2NO3. The SMILES string of the molecule is CC1(C)[C@H]2CC[C@@]1(C)[C@H](OC(=O)N1CC[C@@H]3C(=O)C(Cl)(Cl)[C@@H]31)C2. The van der Waals surface area contributed by atoms with Crippen LogP contribution in [0, 0.1) is 22.7 Å². The molecule has 4 nitrogen and oxygen atoms in total. The maximum absolute atomic E-state index is 12.7.